The van der Waals surface area contributed by atoms with Crippen molar-refractivity contribution in [3.05, 3.63) is 59.9 Å². The molecular weight excluding hydrogens is 323 g/mol. The van der Waals surface area contributed by atoms with Crippen molar-refractivity contribution in [2.75, 3.05) is 19.8 Å². The smallest absolute Gasteiger partial charge is 0.240 e. The zero-order chi connectivity index (χ0) is 17.6. The molecule has 2 aromatic carbocycles. The van der Waals surface area contributed by atoms with Crippen molar-refractivity contribution in [1.82, 2.24) is 10.6 Å². The van der Waals surface area contributed by atoms with E-state index in [9.17, 15) is 9.18 Å². The van der Waals surface area contributed by atoms with Gasteiger partial charge in [0.2, 0.25) is 5.91 Å². The molecule has 1 saturated heterocycles. The predicted molar refractivity (Wildman–Crippen MR) is 92.1 cm³/mol. The highest BCUT2D eigenvalue weighted by Gasteiger charge is 2.23. The molecule has 0 radical (unpaired) electrons. The van der Waals surface area contributed by atoms with Crippen molar-refractivity contribution in [2.24, 2.45) is 0 Å². The normalized spacial score (nSPS) is 18.4. The molecule has 0 spiro atoms. The molecule has 1 aliphatic rings. The van der Waals surface area contributed by atoms with Crippen LogP contribution in [-0.4, -0.2) is 31.7 Å². The van der Waals surface area contributed by atoms with Crippen molar-refractivity contribution in [3.63, 3.8) is 0 Å². The van der Waals surface area contributed by atoms with Crippen LogP contribution in [0.1, 0.15) is 18.5 Å². The molecule has 0 saturated carbocycles. The Balaban J connectivity index is 1.64. The van der Waals surface area contributed by atoms with Gasteiger partial charge in [-0.15, -0.1) is 0 Å². The van der Waals surface area contributed by atoms with E-state index in [1.165, 1.54) is 6.07 Å². The molecule has 25 heavy (non-hydrogen) atoms. The zero-order valence-electron chi connectivity index (χ0n) is 14.0. The summed E-state index contributed by atoms with van der Waals surface area (Å²) in [4.78, 5) is 12.2. The molecule has 2 N–H and O–H groups in total. The maximum absolute atomic E-state index is 14.3. The second kappa shape index (κ2) is 8.09. The van der Waals surface area contributed by atoms with Gasteiger partial charge in [-0.2, -0.15) is 0 Å². The van der Waals surface area contributed by atoms with E-state index in [0.29, 0.717) is 31.1 Å². The topological polar surface area (TPSA) is 59.6 Å². The molecule has 0 bridgehead atoms. The van der Waals surface area contributed by atoms with E-state index in [1.807, 2.05) is 25.1 Å². The first-order chi connectivity index (χ1) is 12.1. The van der Waals surface area contributed by atoms with Gasteiger partial charge in [0, 0.05) is 6.54 Å². The van der Waals surface area contributed by atoms with Gasteiger partial charge >= 0.3 is 0 Å². The Morgan fingerprint density at radius 2 is 2.12 bits per heavy atom. The highest BCUT2D eigenvalue weighted by Crippen LogP contribution is 2.26. The molecule has 2 atom stereocenters. The fourth-order valence-electron chi connectivity index (χ4n) is 2.62. The number of hydrogen-bond donors (Lipinski definition) is 2. The fraction of sp³-hybridized carbons (Fsp3) is 0.316. The number of rotatable bonds is 5. The van der Waals surface area contributed by atoms with Gasteiger partial charge < -0.3 is 20.1 Å². The van der Waals surface area contributed by atoms with E-state index in [4.69, 9.17) is 9.47 Å². The largest absolute Gasteiger partial charge is 0.454 e. The standard InChI is InChI=1S/C19H21FN2O3/c1-13(22-19(23)17-12-24-10-9-21-17)14-7-8-18(16(20)11-14)25-15-5-3-2-4-6-15/h2-8,11,13,17,21H,9-10,12H2,1H3,(H,22,23). The van der Waals surface area contributed by atoms with E-state index >= 15 is 0 Å². The minimum Gasteiger partial charge on any atom is -0.454 e. The molecule has 5 nitrogen and oxygen atoms in total. The average Bonchev–Trinajstić information content (AvgIpc) is 2.65. The molecule has 0 aromatic heterocycles. The Hall–Kier alpha value is -2.44. The number of carbonyl (C=O) groups excluding carboxylic acids is 1. The first-order valence-electron chi connectivity index (χ1n) is 8.27. The number of amides is 1. The van der Waals surface area contributed by atoms with Crippen LogP contribution in [-0.2, 0) is 9.53 Å². The van der Waals surface area contributed by atoms with Crippen LogP contribution in [0.2, 0.25) is 0 Å². The lowest BCUT2D eigenvalue weighted by atomic mass is 10.1. The third-order valence-corrected chi connectivity index (χ3v) is 4.02. The Morgan fingerprint density at radius 3 is 2.80 bits per heavy atom. The van der Waals surface area contributed by atoms with Gasteiger partial charge in [-0.25, -0.2) is 4.39 Å². The molecular formula is C19H21FN2O3. The number of morpholine rings is 1. The van der Waals surface area contributed by atoms with E-state index in [-0.39, 0.29) is 23.7 Å². The summed E-state index contributed by atoms with van der Waals surface area (Å²) in [5, 5.41) is 5.97. The highest BCUT2D eigenvalue weighted by molar-refractivity contribution is 5.82. The van der Waals surface area contributed by atoms with Crippen LogP contribution in [0.4, 0.5) is 4.39 Å². The molecule has 0 aliphatic carbocycles. The van der Waals surface area contributed by atoms with E-state index in [1.54, 1.807) is 24.3 Å². The molecule has 3 rings (SSSR count). The zero-order valence-corrected chi connectivity index (χ0v) is 14.0. The minimum atomic E-state index is -0.471. The van der Waals surface area contributed by atoms with E-state index in [2.05, 4.69) is 10.6 Å². The second-order valence-corrected chi connectivity index (χ2v) is 5.92. The molecule has 1 fully saturated rings. The molecule has 1 heterocycles. The van der Waals surface area contributed by atoms with Gasteiger partial charge in [0.15, 0.2) is 11.6 Å². The molecule has 2 aromatic rings. The lowest BCUT2D eigenvalue weighted by Gasteiger charge is -2.25. The lowest BCUT2D eigenvalue weighted by Crippen LogP contribution is -2.51. The van der Waals surface area contributed by atoms with Crippen molar-refractivity contribution in [2.45, 2.75) is 19.0 Å². The molecule has 1 aliphatic heterocycles. The van der Waals surface area contributed by atoms with E-state index < -0.39 is 5.82 Å². The quantitative estimate of drug-likeness (QED) is 0.876. The maximum atomic E-state index is 14.3. The SMILES string of the molecule is CC(NC(=O)C1COCCN1)c1ccc(Oc2ccccc2)c(F)c1. The summed E-state index contributed by atoms with van der Waals surface area (Å²) >= 11 is 0. The van der Waals surface area contributed by atoms with Crippen LogP contribution in [0.3, 0.4) is 0 Å². The van der Waals surface area contributed by atoms with Crippen LogP contribution in [0, 0.1) is 5.82 Å². The molecule has 1 amide bonds. The second-order valence-electron chi connectivity index (χ2n) is 5.92. The number of hydrogen-bond acceptors (Lipinski definition) is 4. The lowest BCUT2D eigenvalue weighted by molar-refractivity contribution is -0.126. The summed E-state index contributed by atoms with van der Waals surface area (Å²) in [6, 6.07) is 13.0. The van der Waals surface area contributed by atoms with Gasteiger partial charge in [-0.1, -0.05) is 24.3 Å². The predicted octanol–water partition coefficient (Wildman–Crippen LogP) is 2.78. The van der Waals surface area contributed by atoms with Crippen LogP contribution < -0.4 is 15.4 Å². The van der Waals surface area contributed by atoms with Gasteiger partial charge in [0.1, 0.15) is 11.8 Å². The summed E-state index contributed by atoms with van der Waals surface area (Å²) < 4.78 is 25.1. The monoisotopic (exact) mass is 344 g/mol. The van der Waals surface area contributed by atoms with Crippen LogP contribution in [0.15, 0.2) is 48.5 Å². The number of halogens is 1. The summed E-state index contributed by atoms with van der Waals surface area (Å²) in [6.07, 6.45) is 0. The molecule has 2 unspecified atom stereocenters. The van der Waals surface area contributed by atoms with Crippen LogP contribution in [0.25, 0.3) is 0 Å². The number of carbonyl (C=O) groups is 1. The number of para-hydroxylation sites is 1. The Labute approximate surface area is 146 Å². The van der Waals surface area contributed by atoms with Gasteiger partial charge in [-0.05, 0) is 36.8 Å². The first-order valence-corrected chi connectivity index (χ1v) is 8.27. The molecule has 6 heteroatoms. The van der Waals surface area contributed by atoms with Gasteiger partial charge in [0.25, 0.3) is 0 Å². The van der Waals surface area contributed by atoms with Crippen molar-refractivity contribution >= 4 is 5.91 Å². The summed E-state index contributed by atoms with van der Waals surface area (Å²) in [7, 11) is 0. The minimum absolute atomic E-state index is 0.149. The first kappa shape index (κ1) is 17.4. The third-order valence-electron chi connectivity index (χ3n) is 4.02. The Morgan fingerprint density at radius 1 is 1.32 bits per heavy atom. The number of benzene rings is 2. The van der Waals surface area contributed by atoms with Gasteiger partial charge in [-0.3, -0.25) is 4.79 Å². The number of nitrogens with one attached hydrogen (secondary N) is 2. The van der Waals surface area contributed by atoms with E-state index in [0.717, 1.165) is 0 Å². The van der Waals surface area contributed by atoms with Crippen molar-refractivity contribution < 1.29 is 18.7 Å². The van der Waals surface area contributed by atoms with Crippen LogP contribution >= 0.6 is 0 Å². The molecule has 132 valence electrons. The van der Waals surface area contributed by atoms with Crippen LogP contribution in [0.5, 0.6) is 11.5 Å². The fourth-order valence-corrected chi connectivity index (χ4v) is 2.62. The van der Waals surface area contributed by atoms with Crippen molar-refractivity contribution in [1.29, 1.82) is 0 Å². The Bertz CT molecular complexity index is 718. The highest BCUT2D eigenvalue weighted by atomic mass is 19.1. The summed E-state index contributed by atoms with van der Waals surface area (Å²) in [5.74, 6) is 0.0912. The maximum Gasteiger partial charge on any atom is 0.240 e. The summed E-state index contributed by atoms with van der Waals surface area (Å²) in [5.41, 5.74) is 0.669. The summed E-state index contributed by atoms with van der Waals surface area (Å²) in [6.45, 7) is 3.41. The van der Waals surface area contributed by atoms with Gasteiger partial charge in [0.05, 0.1) is 19.3 Å². The van der Waals surface area contributed by atoms with Crippen molar-refractivity contribution in [3.8, 4) is 11.5 Å². The average molecular weight is 344 g/mol. The third kappa shape index (κ3) is 4.55. The Kier molecular flexibility index (Phi) is 5.63. The number of ether oxygens (including phenoxy) is 2.